The summed E-state index contributed by atoms with van der Waals surface area (Å²) in [6.45, 7) is 4.25. The Morgan fingerprint density at radius 1 is 1.54 bits per heavy atom. The molecule has 0 spiro atoms. The fourth-order valence-corrected chi connectivity index (χ4v) is 1.94. The summed E-state index contributed by atoms with van der Waals surface area (Å²) in [4.78, 5) is 13.4. The third-order valence-electron chi connectivity index (χ3n) is 2.74. The van der Waals surface area contributed by atoms with Crippen molar-refractivity contribution in [1.82, 2.24) is 4.90 Å². The number of likely N-dealkylation sites (tertiary alicyclic amines) is 1. The Hall–Kier alpha value is -0.570. The Morgan fingerprint density at radius 2 is 2.31 bits per heavy atom. The predicted molar refractivity (Wildman–Crippen MR) is 53.3 cm³/mol. The van der Waals surface area contributed by atoms with Crippen LogP contribution in [0.25, 0.3) is 0 Å². The van der Waals surface area contributed by atoms with Crippen molar-refractivity contribution < 1.29 is 4.79 Å². The molecule has 0 aliphatic carbocycles. The zero-order chi connectivity index (χ0) is 9.68. The normalized spacial score (nSPS) is 24.5. The van der Waals surface area contributed by atoms with Crippen LogP contribution in [0, 0.1) is 0 Å². The highest BCUT2D eigenvalue weighted by Crippen LogP contribution is 2.16. The van der Waals surface area contributed by atoms with Gasteiger partial charge in [0.25, 0.3) is 0 Å². The maximum absolute atomic E-state index is 11.1. The molecule has 0 saturated carbocycles. The van der Waals surface area contributed by atoms with Gasteiger partial charge in [0.15, 0.2) is 0 Å². The maximum atomic E-state index is 11.1. The van der Waals surface area contributed by atoms with Gasteiger partial charge in [-0.05, 0) is 32.4 Å². The Kier molecular flexibility index (Phi) is 4.22. The fraction of sp³-hybridized carbons (Fsp3) is 0.900. The van der Waals surface area contributed by atoms with Gasteiger partial charge in [0.05, 0.1) is 6.04 Å². The van der Waals surface area contributed by atoms with Crippen molar-refractivity contribution in [2.45, 2.75) is 45.1 Å². The molecule has 1 fully saturated rings. The van der Waals surface area contributed by atoms with E-state index in [9.17, 15) is 4.79 Å². The molecule has 0 aromatic rings. The Labute approximate surface area is 80.3 Å². The molecule has 1 heterocycles. The lowest BCUT2D eigenvalue weighted by atomic mass is 10.0. The van der Waals surface area contributed by atoms with Crippen LogP contribution in [0.5, 0.6) is 0 Å². The van der Waals surface area contributed by atoms with E-state index in [0.717, 1.165) is 25.9 Å². The molecule has 0 bridgehead atoms. The van der Waals surface area contributed by atoms with E-state index in [-0.39, 0.29) is 11.9 Å². The van der Waals surface area contributed by atoms with Gasteiger partial charge in [-0.25, -0.2) is 0 Å². The van der Waals surface area contributed by atoms with Crippen LogP contribution in [0.15, 0.2) is 0 Å². The highest BCUT2D eigenvalue weighted by molar-refractivity contribution is 5.79. The van der Waals surface area contributed by atoms with Crippen molar-refractivity contribution in [2.24, 2.45) is 5.73 Å². The highest BCUT2D eigenvalue weighted by Gasteiger charge is 2.25. The first-order chi connectivity index (χ1) is 6.25. The van der Waals surface area contributed by atoms with Crippen molar-refractivity contribution in [2.75, 3.05) is 13.1 Å². The molecular weight excluding hydrogens is 164 g/mol. The standard InChI is InChI=1S/C10H20N2O/c1-2-3-7-12-8-5-4-6-9(12)10(11)13/h9H,2-8H2,1H3,(H2,11,13)/t9-/m0/s1. The predicted octanol–water partition coefficient (Wildman–Crippen LogP) is 1.13. The number of hydrogen-bond donors (Lipinski definition) is 1. The third-order valence-corrected chi connectivity index (χ3v) is 2.74. The number of primary amides is 1. The summed E-state index contributed by atoms with van der Waals surface area (Å²) >= 11 is 0. The smallest absolute Gasteiger partial charge is 0.234 e. The van der Waals surface area contributed by atoms with Crippen LogP contribution < -0.4 is 5.73 Å². The Morgan fingerprint density at radius 3 is 2.92 bits per heavy atom. The summed E-state index contributed by atoms with van der Waals surface area (Å²) in [7, 11) is 0. The number of carbonyl (C=O) groups is 1. The van der Waals surface area contributed by atoms with Gasteiger partial charge in [-0.1, -0.05) is 19.8 Å². The number of hydrogen-bond acceptors (Lipinski definition) is 2. The number of amides is 1. The van der Waals surface area contributed by atoms with E-state index in [0.29, 0.717) is 0 Å². The van der Waals surface area contributed by atoms with Gasteiger partial charge in [-0.15, -0.1) is 0 Å². The van der Waals surface area contributed by atoms with E-state index >= 15 is 0 Å². The average molecular weight is 184 g/mol. The second-order valence-electron chi connectivity index (χ2n) is 3.80. The Balaban J connectivity index is 2.41. The lowest BCUT2D eigenvalue weighted by Crippen LogP contribution is -2.47. The third kappa shape index (κ3) is 2.99. The van der Waals surface area contributed by atoms with E-state index in [1.54, 1.807) is 0 Å². The molecular formula is C10H20N2O. The molecule has 1 aliphatic rings. The van der Waals surface area contributed by atoms with E-state index in [4.69, 9.17) is 5.73 Å². The molecule has 1 rings (SSSR count). The summed E-state index contributed by atoms with van der Waals surface area (Å²) < 4.78 is 0. The molecule has 13 heavy (non-hydrogen) atoms. The number of piperidine rings is 1. The van der Waals surface area contributed by atoms with Gasteiger partial charge in [0.2, 0.25) is 5.91 Å². The number of nitrogens with two attached hydrogens (primary N) is 1. The molecule has 1 saturated heterocycles. The minimum absolute atomic E-state index is 0.0142. The van der Waals surface area contributed by atoms with Gasteiger partial charge in [0, 0.05) is 0 Å². The van der Waals surface area contributed by atoms with Crippen LogP contribution in [0.2, 0.25) is 0 Å². The van der Waals surface area contributed by atoms with Crippen molar-refractivity contribution in [1.29, 1.82) is 0 Å². The number of unbranched alkanes of at least 4 members (excludes halogenated alkanes) is 1. The first-order valence-electron chi connectivity index (χ1n) is 5.29. The zero-order valence-corrected chi connectivity index (χ0v) is 8.46. The fourth-order valence-electron chi connectivity index (χ4n) is 1.94. The highest BCUT2D eigenvalue weighted by atomic mass is 16.1. The quantitative estimate of drug-likeness (QED) is 0.712. The van der Waals surface area contributed by atoms with Gasteiger partial charge >= 0.3 is 0 Å². The molecule has 0 aromatic heterocycles. The van der Waals surface area contributed by atoms with Gasteiger partial charge < -0.3 is 5.73 Å². The Bertz CT molecular complexity index is 170. The second-order valence-corrected chi connectivity index (χ2v) is 3.80. The lowest BCUT2D eigenvalue weighted by molar-refractivity contribution is -0.124. The topological polar surface area (TPSA) is 46.3 Å². The number of rotatable bonds is 4. The minimum atomic E-state index is -0.143. The van der Waals surface area contributed by atoms with E-state index < -0.39 is 0 Å². The molecule has 0 radical (unpaired) electrons. The molecule has 76 valence electrons. The molecule has 1 amide bonds. The van der Waals surface area contributed by atoms with Crippen molar-refractivity contribution in [3.8, 4) is 0 Å². The molecule has 1 atom stereocenters. The molecule has 3 heteroatoms. The monoisotopic (exact) mass is 184 g/mol. The molecule has 0 aromatic carbocycles. The maximum Gasteiger partial charge on any atom is 0.234 e. The summed E-state index contributed by atoms with van der Waals surface area (Å²) in [5, 5.41) is 0. The van der Waals surface area contributed by atoms with Crippen LogP contribution in [0.4, 0.5) is 0 Å². The largest absolute Gasteiger partial charge is 0.368 e. The summed E-state index contributed by atoms with van der Waals surface area (Å²) in [6, 6.07) is 0.0142. The molecule has 3 nitrogen and oxygen atoms in total. The van der Waals surface area contributed by atoms with E-state index in [2.05, 4.69) is 11.8 Å². The summed E-state index contributed by atoms with van der Waals surface area (Å²) in [5.41, 5.74) is 5.35. The van der Waals surface area contributed by atoms with Crippen molar-refractivity contribution in [3.05, 3.63) is 0 Å². The summed E-state index contributed by atoms with van der Waals surface area (Å²) in [5.74, 6) is -0.143. The van der Waals surface area contributed by atoms with Crippen LogP contribution in [0.3, 0.4) is 0 Å². The van der Waals surface area contributed by atoms with Crippen LogP contribution in [-0.4, -0.2) is 29.9 Å². The SMILES string of the molecule is CCCCN1CCCC[C@H]1C(N)=O. The zero-order valence-electron chi connectivity index (χ0n) is 8.46. The minimum Gasteiger partial charge on any atom is -0.368 e. The van der Waals surface area contributed by atoms with Crippen LogP contribution >= 0.6 is 0 Å². The van der Waals surface area contributed by atoms with Crippen LogP contribution in [-0.2, 0) is 4.79 Å². The molecule has 1 aliphatic heterocycles. The number of nitrogens with zero attached hydrogens (tertiary/aromatic N) is 1. The first kappa shape index (κ1) is 10.5. The van der Waals surface area contributed by atoms with Crippen molar-refractivity contribution in [3.63, 3.8) is 0 Å². The first-order valence-corrected chi connectivity index (χ1v) is 5.29. The summed E-state index contributed by atoms with van der Waals surface area (Å²) in [6.07, 6.45) is 5.68. The van der Waals surface area contributed by atoms with Gasteiger partial charge in [-0.2, -0.15) is 0 Å². The van der Waals surface area contributed by atoms with Crippen LogP contribution in [0.1, 0.15) is 39.0 Å². The van der Waals surface area contributed by atoms with E-state index in [1.807, 2.05) is 0 Å². The molecule has 2 N–H and O–H groups in total. The second kappa shape index (κ2) is 5.22. The lowest BCUT2D eigenvalue weighted by Gasteiger charge is -2.33. The number of carbonyl (C=O) groups excluding carboxylic acids is 1. The molecule has 0 unspecified atom stereocenters. The average Bonchev–Trinajstić information content (AvgIpc) is 2.15. The van der Waals surface area contributed by atoms with E-state index in [1.165, 1.54) is 19.3 Å². The van der Waals surface area contributed by atoms with Crippen molar-refractivity contribution >= 4 is 5.91 Å². The van der Waals surface area contributed by atoms with Gasteiger partial charge in [-0.3, -0.25) is 9.69 Å². The van der Waals surface area contributed by atoms with Gasteiger partial charge in [0.1, 0.15) is 0 Å².